The Kier molecular flexibility index (Phi) is 3.85. The Morgan fingerprint density at radius 1 is 1.39 bits per heavy atom. The van der Waals surface area contributed by atoms with Gasteiger partial charge in [0.05, 0.1) is 6.10 Å². The van der Waals surface area contributed by atoms with E-state index in [1.165, 1.54) is 0 Å². The van der Waals surface area contributed by atoms with Crippen molar-refractivity contribution < 1.29 is 5.11 Å². The smallest absolute Gasteiger partial charge is 0.225 e. The SMILES string of the molecule is Cc1cc(C(C)C)nc(N2CCC(C)C(O)C2)n1. The minimum atomic E-state index is -0.273. The van der Waals surface area contributed by atoms with Crippen molar-refractivity contribution >= 4 is 5.95 Å². The van der Waals surface area contributed by atoms with Gasteiger partial charge in [-0.1, -0.05) is 20.8 Å². The van der Waals surface area contributed by atoms with Crippen LogP contribution in [-0.4, -0.2) is 34.3 Å². The van der Waals surface area contributed by atoms with Crippen LogP contribution in [0.1, 0.15) is 44.5 Å². The summed E-state index contributed by atoms with van der Waals surface area (Å²) in [7, 11) is 0. The summed E-state index contributed by atoms with van der Waals surface area (Å²) >= 11 is 0. The summed E-state index contributed by atoms with van der Waals surface area (Å²) in [4.78, 5) is 11.2. The fraction of sp³-hybridized carbons (Fsp3) is 0.714. The number of aromatic nitrogens is 2. The van der Waals surface area contributed by atoms with E-state index in [0.29, 0.717) is 18.4 Å². The monoisotopic (exact) mass is 249 g/mol. The summed E-state index contributed by atoms with van der Waals surface area (Å²) < 4.78 is 0. The van der Waals surface area contributed by atoms with Gasteiger partial charge < -0.3 is 10.0 Å². The number of anilines is 1. The molecule has 1 N–H and O–H groups in total. The van der Waals surface area contributed by atoms with Gasteiger partial charge in [0, 0.05) is 24.5 Å². The van der Waals surface area contributed by atoms with Crippen molar-refractivity contribution in [2.45, 2.75) is 46.1 Å². The highest BCUT2D eigenvalue weighted by atomic mass is 16.3. The lowest BCUT2D eigenvalue weighted by molar-refractivity contribution is 0.102. The molecule has 1 aromatic rings. The lowest BCUT2D eigenvalue weighted by Crippen LogP contribution is -2.43. The number of nitrogens with zero attached hydrogens (tertiary/aromatic N) is 3. The van der Waals surface area contributed by atoms with Crippen LogP contribution in [-0.2, 0) is 0 Å². The van der Waals surface area contributed by atoms with E-state index in [0.717, 1.165) is 30.3 Å². The first kappa shape index (κ1) is 13.3. The van der Waals surface area contributed by atoms with Gasteiger partial charge in [0.1, 0.15) is 0 Å². The van der Waals surface area contributed by atoms with Crippen LogP contribution in [0.2, 0.25) is 0 Å². The van der Waals surface area contributed by atoms with Gasteiger partial charge in [-0.05, 0) is 31.2 Å². The number of aliphatic hydroxyl groups excluding tert-OH is 1. The first-order valence-corrected chi connectivity index (χ1v) is 6.76. The molecule has 1 aliphatic heterocycles. The Bertz CT molecular complexity index is 420. The van der Waals surface area contributed by atoms with Crippen molar-refractivity contribution in [2.75, 3.05) is 18.0 Å². The van der Waals surface area contributed by atoms with E-state index < -0.39 is 0 Å². The van der Waals surface area contributed by atoms with Crippen LogP contribution >= 0.6 is 0 Å². The lowest BCUT2D eigenvalue weighted by Gasteiger charge is -2.34. The molecule has 1 aromatic heterocycles. The van der Waals surface area contributed by atoms with Crippen molar-refractivity contribution in [3.8, 4) is 0 Å². The van der Waals surface area contributed by atoms with Crippen LogP contribution in [0.4, 0.5) is 5.95 Å². The van der Waals surface area contributed by atoms with E-state index in [4.69, 9.17) is 0 Å². The summed E-state index contributed by atoms with van der Waals surface area (Å²) in [6, 6.07) is 2.04. The summed E-state index contributed by atoms with van der Waals surface area (Å²) in [5.41, 5.74) is 2.07. The van der Waals surface area contributed by atoms with E-state index in [2.05, 4.69) is 35.6 Å². The van der Waals surface area contributed by atoms with E-state index in [-0.39, 0.29) is 6.10 Å². The van der Waals surface area contributed by atoms with Gasteiger partial charge in [-0.25, -0.2) is 9.97 Å². The Hall–Kier alpha value is -1.16. The molecule has 2 heterocycles. The van der Waals surface area contributed by atoms with Crippen LogP contribution in [0.3, 0.4) is 0 Å². The quantitative estimate of drug-likeness (QED) is 0.872. The van der Waals surface area contributed by atoms with Crippen LogP contribution in [0.15, 0.2) is 6.07 Å². The summed E-state index contributed by atoms with van der Waals surface area (Å²) in [6.45, 7) is 9.94. The zero-order chi connectivity index (χ0) is 13.3. The molecule has 0 spiro atoms. The fourth-order valence-electron chi connectivity index (χ4n) is 2.24. The maximum atomic E-state index is 9.96. The molecule has 0 aliphatic carbocycles. The third-order valence-corrected chi connectivity index (χ3v) is 3.66. The molecule has 100 valence electrons. The average molecular weight is 249 g/mol. The Morgan fingerprint density at radius 3 is 2.72 bits per heavy atom. The third kappa shape index (κ3) is 2.80. The van der Waals surface area contributed by atoms with E-state index in [1.54, 1.807) is 0 Å². The zero-order valence-electron chi connectivity index (χ0n) is 11.7. The molecule has 0 amide bonds. The predicted molar refractivity (Wildman–Crippen MR) is 72.9 cm³/mol. The Labute approximate surface area is 109 Å². The number of piperidine rings is 1. The van der Waals surface area contributed by atoms with Gasteiger partial charge in [-0.3, -0.25) is 0 Å². The average Bonchev–Trinajstić information content (AvgIpc) is 2.31. The highest BCUT2D eigenvalue weighted by Crippen LogP contribution is 2.22. The second-order valence-corrected chi connectivity index (χ2v) is 5.67. The molecule has 2 unspecified atom stereocenters. The summed E-state index contributed by atoms with van der Waals surface area (Å²) in [6.07, 6.45) is 0.723. The highest BCUT2D eigenvalue weighted by Gasteiger charge is 2.26. The van der Waals surface area contributed by atoms with Crippen LogP contribution in [0.25, 0.3) is 0 Å². The van der Waals surface area contributed by atoms with E-state index >= 15 is 0 Å². The molecule has 0 saturated carbocycles. The normalized spacial score (nSPS) is 24.7. The number of aliphatic hydroxyl groups is 1. The zero-order valence-corrected chi connectivity index (χ0v) is 11.7. The number of hydrogen-bond donors (Lipinski definition) is 1. The molecule has 0 radical (unpaired) electrons. The fourth-order valence-corrected chi connectivity index (χ4v) is 2.24. The van der Waals surface area contributed by atoms with E-state index in [9.17, 15) is 5.11 Å². The number of rotatable bonds is 2. The molecule has 4 nitrogen and oxygen atoms in total. The molecule has 1 saturated heterocycles. The maximum absolute atomic E-state index is 9.96. The van der Waals surface area contributed by atoms with E-state index in [1.807, 2.05) is 13.0 Å². The lowest BCUT2D eigenvalue weighted by atomic mass is 9.96. The third-order valence-electron chi connectivity index (χ3n) is 3.66. The topological polar surface area (TPSA) is 49.2 Å². The number of hydrogen-bond acceptors (Lipinski definition) is 4. The second-order valence-electron chi connectivity index (χ2n) is 5.67. The molecule has 1 fully saturated rings. The first-order valence-electron chi connectivity index (χ1n) is 6.76. The van der Waals surface area contributed by atoms with Gasteiger partial charge in [-0.15, -0.1) is 0 Å². The molecule has 18 heavy (non-hydrogen) atoms. The number of aryl methyl sites for hydroxylation is 1. The van der Waals surface area contributed by atoms with Gasteiger partial charge >= 0.3 is 0 Å². The molecule has 4 heteroatoms. The highest BCUT2D eigenvalue weighted by molar-refractivity contribution is 5.34. The second kappa shape index (κ2) is 5.22. The number of β-amino-alcohol motifs (C(OH)–C–C–N with tert-alkyl or cyclic N) is 1. The molecule has 2 atom stereocenters. The minimum Gasteiger partial charge on any atom is -0.391 e. The summed E-state index contributed by atoms with van der Waals surface area (Å²) in [5, 5.41) is 9.96. The van der Waals surface area contributed by atoms with Crippen LogP contribution < -0.4 is 4.90 Å². The first-order chi connectivity index (χ1) is 8.47. The van der Waals surface area contributed by atoms with Gasteiger partial charge in [0.25, 0.3) is 0 Å². The molecule has 1 aliphatic rings. The van der Waals surface area contributed by atoms with Crippen molar-refractivity contribution in [1.82, 2.24) is 9.97 Å². The Balaban J connectivity index is 2.23. The summed E-state index contributed by atoms with van der Waals surface area (Å²) in [5.74, 6) is 1.54. The molecular weight excluding hydrogens is 226 g/mol. The Morgan fingerprint density at radius 2 is 2.11 bits per heavy atom. The van der Waals surface area contributed by atoms with Crippen molar-refractivity contribution in [1.29, 1.82) is 0 Å². The van der Waals surface area contributed by atoms with Gasteiger partial charge in [0.15, 0.2) is 0 Å². The standard InChI is InChI=1S/C14H23N3O/c1-9(2)12-7-11(4)15-14(16-12)17-6-5-10(3)13(18)8-17/h7,9-10,13,18H,5-6,8H2,1-4H3. The molecule has 0 aromatic carbocycles. The van der Waals surface area contributed by atoms with Gasteiger partial charge in [0.2, 0.25) is 5.95 Å². The van der Waals surface area contributed by atoms with Crippen LogP contribution in [0.5, 0.6) is 0 Å². The van der Waals surface area contributed by atoms with Crippen molar-refractivity contribution in [3.05, 3.63) is 17.5 Å². The molecule has 2 rings (SSSR count). The molecular formula is C14H23N3O. The van der Waals surface area contributed by atoms with Crippen molar-refractivity contribution in [2.24, 2.45) is 5.92 Å². The molecule has 0 bridgehead atoms. The van der Waals surface area contributed by atoms with Crippen molar-refractivity contribution in [3.63, 3.8) is 0 Å². The maximum Gasteiger partial charge on any atom is 0.225 e. The van der Waals surface area contributed by atoms with Crippen LogP contribution in [0, 0.1) is 12.8 Å². The van der Waals surface area contributed by atoms with Gasteiger partial charge in [-0.2, -0.15) is 0 Å². The largest absolute Gasteiger partial charge is 0.391 e. The minimum absolute atomic E-state index is 0.273. The predicted octanol–water partition coefficient (Wildman–Crippen LogP) is 2.12.